The molecule has 0 spiro atoms. The van der Waals surface area contributed by atoms with E-state index in [1.165, 1.54) is 0 Å². The van der Waals surface area contributed by atoms with Gasteiger partial charge in [-0.1, -0.05) is 17.7 Å². The van der Waals surface area contributed by atoms with E-state index in [4.69, 9.17) is 27.1 Å². The van der Waals surface area contributed by atoms with E-state index >= 15 is 0 Å². The van der Waals surface area contributed by atoms with Crippen LogP contribution in [0, 0.1) is 6.92 Å². The lowest BCUT2D eigenvalue weighted by atomic mass is 10.0. The Morgan fingerprint density at radius 2 is 1.94 bits per heavy atom. The van der Waals surface area contributed by atoms with Gasteiger partial charge in [0.1, 0.15) is 11.6 Å². The van der Waals surface area contributed by atoms with Crippen molar-refractivity contribution >= 4 is 40.9 Å². The maximum atomic E-state index is 12.2. The van der Waals surface area contributed by atoms with Crippen molar-refractivity contribution in [1.29, 1.82) is 0 Å². The summed E-state index contributed by atoms with van der Waals surface area (Å²) in [5, 5.41) is 7.52. The molecule has 33 heavy (non-hydrogen) atoms. The fourth-order valence-electron chi connectivity index (χ4n) is 3.95. The van der Waals surface area contributed by atoms with Gasteiger partial charge in [-0.05, 0) is 31.5 Å². The van der Waals surface area contributed by atoms with Crippen LogP contribution >= 0.6 is 11.6 Å². The quantitative estimate of drug-likeness (QED) is 0.600. The van der Waals surface area contributed by atoms with Crippen molar-refractivity contribution in [3.05, 3.63) is 40.5 Å². The second-order valence-corrected chi connectivity index (χ2v) is 8.09. The van der Waals surface area contributed by atoms with Crippen LogP contribution in [0.25, 0.3) is 16.8 Å². The van der Waals surface area contributed by atoms with E-state index in [0.717, 1.165) is 16.8 Å². The summed E-state index contributed by atoms with van der Waals surface area (Å²) in [6.07, 6.45) is -0.302. The van der Waals surface area contributed by atoms with Crippen molar-refractivity contribution in [3.63, 3.8) is 0 Å². The van der Waals surface area contributed by atoms with Gasteiger partial charge in [0.25, 0.3) is 5.91 Å². The highest BCUT2D eigenvalue weighted by atomic mass is 35.5. The van der Waals surface area contributed by atoms with E-state index in [1.807, 2.05) is 13.0 Å². The van der Waals surface area contributed by atoms with Crippen molar-refractivity contribution in [1.82, 2.24) is 24.8 Å². The molecule has 3 N–H and O–H groups in total. The number of fused-ring (bicyclic) bond motifs is 1. The Labute approximate surface area is 196 Å². The highest BCUT2D eigenvalue weighted by Gasteiger charge is 2.25. The number of nitrogens with zero attached hydrogens (tertiary/aromatic N) is 5. The zero-order chi connectivity index (χ0) is 23.7. The Morgan fingerprint density at radius 1 is 1.21 bits per heavy atom. The van der Waals surface area contributed by atoms with Crippen molar-refractivity contribution < 1.29 is 14.3 Å². The topological polar surface area (TPSA) is 118 Å². The summed E-state index contributed by atoms with van der Waals surface area (Å²) in [5.74, 6) is 0.867. The predicted octanol–water partition coefficient (Wildman–Crippen LogP) is 2.58. The number of nitrogens with one attached hydrogen (secondary N) is 1. The molecule has 2 amide bonds. The number of piperazine rings is 1. The fraction of sp³-hybridized carbons (Fsp3) is 0.364. The highest BCUT2D eigenvalue weighted by Crippen LogP contribution is 2.32. The number of hydrogen-bond donors (Lipinski definition) is 2. The van der Waals surface area contributed by atoms with E-state index in [-0.39, 0.29) is 12.0 Å². The van der Waals surface area contributed by atoms with Crippen LogP contribution in [0.1, 0.15) is 23.0 Å². The van der Waals surface area contributed by atoms with Gasteiger partial charge in [-0.25, -0.2) is 9.78 Å². The molecule has 0 saturated carbocycles. The lowest BCUT2D eigenvalue weighted by Crippen LogP contribution is -2.49. The smallest absolute Gasteiger partial charge is 0.409 e. The summed E-state index contributed by atoms with van der Waals surface area (Å²) in [4.78, 5) is 32.9. The third kappa shape index (κ3) is 4.25. The number of halogens is 1. The number of nitrogen functional groups attached to an aromatic ring is 1. The first-order valence-electron chi connectivity index (χ1n) is 10.7. The number of carbonyl (C=O) groups is 2. The summed E-state index contributed by atoms with van der Waals surface area (Å²) >= 11 is 6.23. The predicted molar refractivity (Wildman–Crippen MR) is 127 cm³/mol. The molecule has 10 nitrogen and oxygen atoms in total. The van der Waals surface area contributed by atoms with Crippen LogP contribution in [-0.2, 0) is 4.74 Å². The average molecular weight is 472 g/mol. The number of anilines is 2. The van der Waals surface area contributed by atoms with E-state index in [0.29, 0.717) is 60.7 Å². The number of ether oxygens (including phenoxy) is 1. The molecule has 1 aromatic carbocycles. The Kier molecular flexibility index (Phi) is 6.28. The van der Waals surface area contributed by atoms with Crippen molar-refractivity contribution in [3.8, 4) is 11.1 Å². The second kappa shape index (κ2) is 9.14. The third-order valence-corrected chi connectivity index (χ3v) is 5.96. The average Bonchev–Trinajstić information content (AvgIpc) is 3.15. The normalized spacial score (nSPS) is 13.9. The lowest BCUT2D eigenvalue weighted by Gasteiger charge is -2.34. The molecular weight excluding hydrogens is 446 g/mol. The minimum absolute atomic E-state index is 0.274. The van der Waals surface area contributed by atoms with Gasteiger partial charge in [0.2, 0.25) is 0 Å². The molecule has 11 heteroatoms. The number of carbonyl (C=O) groups excluding carboxylic acids is 2. The first-order valence-corrected chi connectivity index (χ1v) is 11.1. The Morgan fingerprint density at radius 3 is 2.61 bits per heavy atom. The van der Waals surface area contributed by atoms with Crippen LogP contribution in [0.15, 0.2) is 24.3 Å². The Balaban J connectivity index is 1.71. The SMILES string of the molecule is CCOC(=O)N1CCN(c2cc(N)n3nc(C)c(-c4ccc(Cl)c(C(=O)NC)c4)c3n2)CC1. The zero-order valence-electron chi connectivity index (χ0n) is 18.8. The summed E-state index contributed by atoms with van der Waals surface area (Å²) in [7, 11) is 1.56. The monoisotopic (exact) mass is 471 g/mol. The molecule has 1 saturated heterocycles. The third-order valence-electron chi connectivity index (χ3n) is 5.63. The van der Waals surface area contributed by atoms with E-state index < -0.39 is 0 Å². The molecule has 3 aromatic rings. The minimum Gasteiger partial charge on any atom is -0.450 e. The first-order chi connectivity index (χ1) is 15.8. The van der Waals surface area contributed by atoms with Gasteiger partial charge in [-0.3, -0.25) is 4.79 Å². The standard InChI is InChI=1S/C22H26ClN7O3/c1-4-33-22(32)29-9-7-28(8-10-29)18-12-17(24)30-20(26-18)19(13(2)27-30)14-5-6-16(23)15(11-14)21(31)25-3/h5-6,11-12H,4,7-10,24H2,1-3H3,(H,25,31). The van der Waals surface area contributed by atoms with Gasteiger partial charge >= 0.3 is 6.09 Å². The summed E-state index contributed by atoms with van der Waals surface area (Å²) < 4.78 is 6.69. The minimum atomic E-state index is -0.302. The summed E-state index contributed by atoms with van der Waals surface area (Å²) in [6.45, 7) is 6.28. The van der Waals surface area contributed by atoms with Crippen LogP contribution < -0.4 is 16.0 Å². The van der Waals surface area contributed by atoms with E-state index in [9.17, 15) is 9.59 Å². The molecule has 1 fully saturated rings. The number of benzene rings is 1. The van der Waals surface area contributed by atoms with Crippen LogP contribution in [0.5, 0.6) is 0 Å². The number of amides is 2. The largest absolute Gasteiger partial charge is 0.450 e. The molecule has 0 aliphatic carbocycles. The molecule has 0 bridgehead atoms. The molecule has 0 radical (unpaired) electrons. The summed E-state index contributed by atoms with van der Waals surface area (Å²) in [6, 6.07) is 7.03. The van der Waals surface area contributed by atoms with Crippen LogP contribution in [0.3, 0.4) is 0 Å². The summed E-state index contributed by atoms with van der Waals surface area (Å²) in [5.41, 5.74) is 9.55. The van der Waals surface area contributed by atoms with E-state index in [1.54, 1.807) is 41.6 Å². The van der Waals surface area contributed by atoms with Crippen molar-refractivity contribution in [2.24, 2.45) is 0 Å². The van der Waals surface area contributed by atoms with Crippen LogP contribution in [0.4, 0.5) is 16.4 Å². The number of aromatic nitrogens is 3. The highest BCUT2D eigenvalue weighted by molar-refractivity contribution is 6.34. The molecule has 4 rings (SSSR count). The van der Waals surface area contributed by atoms with E-state index in [2.05, 4.69) is 15.3 Å². The van der Waals surface area contributed by atoms with Gasteiger partial charge < -0.3 is 25.6 Å². The zero-order valence-corrected chi connectivity index (χ0v) is 19.5. The number of aryl methyl sites for hydroxylation is 1. The van der Waals surface area contributed by atoms with Crippen LogP contribution in [0.2, 0.25) is 5.02 Å². The number of hydrogen-bond acceptors (Lipinski definition) is 7. The lowest BCUT2D eigenvalue weighted by molar-refractivity contribution is 0.0962. The fourth-order valence-corrected chi connectivity index (χ4v) is 4.16. The van der Waals surface area contributed by atoms with Gasteiger partial charge in [0.05, 0.1) is 22.9 Å². The maximum Gasteiger partial charge on any atom is 0.409 e. The first kappa shape index (κ1) is 22.7. The van der Waals surface area contributed by atoms with Gasteiger partial charge in [0.15, 0.2) is 5.65 Å². The van der Waals surface area contributed by atoms with Crippen molar-refractivity contribution in [2.75, 3.05) is 50.5 Å². The van der Waals surface area contributed by atoms with Gasteiger partial charge in [-0.15, -0.1) is 0 Å². The molecule has 1 aliphatic rings. The van der Waals surface area contributed by atoms with Gasteiger partial charge in [-0.2, -0.15) is 9.61 Å². The maximum absolute atomic E-state index is 12.2. The van der Waals surface area contributed by atoms with Crippen molar-refractivity contribution in [2.45, 2.75) is 13.8 Å². The Bertz CT molecular complexity index is 1220. The molecular formula is C22H26ClN7O3. The number of rotatable bonds is 4. The molecule has 0 atom stereocenters. The molecule has 174 valence electrons. The second-order valence-electron chi connectivity index (χ2n) is 7.68. The molecule has 3 heterocycles. The van der Waals surface area contributed by atoms with Gasteiger partial charge in [0, 0.05) is 44.9 Å². The molecule has 2 aromatic heterocycles. The van der Waals surface area contributed by atoms with Crippen LogP contribution in [-0.4, -0.2) is 71.3 Å². The Hall–Kier alpha value is -3.53. The molecule has 1 aliphatic heterocycles. The number of nitrogens with two attached hydrogens (primary N) is 1. The molecule has 0 unspecified atom stereocenters.